The van der Waals surface area contributed by atoms with Crippen LogP contribution in [0.5, 0.6) is 0 Å². The number of halogens is 2. The molecule has 2 heterocycles. The van der Waals surface area contributed by atoms with Crippen LogP contribution in [0.25, 0.3) is 10.8 Å². The summed E-state index contributed by atoms with van der Waals surface area (Å²) < 4.78 is 1.80. The van der Waals surface area contributed by atoms with Gasteiger partial charge in [0.1, 0.15) is 0 Å². The van der Waals surface area contributed by atoms with E-state index in [0.717, 1.165) is 31.0 Å². The molecule has 2 aromatic heterocycles. The molecule has 3 nitrogen and oxygen atoms in total. The molecule has 1 atom stereocenters. The Morgan fingerprint density at radius 1 is 1.05 bits per heavy atom. The Hall–Kier alpha value is -1.30. The predicted octanol–water partition coefficient (Wildman–Crippen LogP) is 4.20. The highest BCUT2D eigenvalue weighted by atomic mass is 79.9. The second-order valence-electron chi connectivity index (χ2n) is 4.45. The molecule has 0 spiro atoms. The molecular weight excluding hydrogens is 382 g/mol. The number of fused-ring (bicyclic) bond motifs is 1. The highest BCUT2D eigenvalue weighted by Gasteiger charge is 2.16. The Bertz CT molecular complexity index is 769. The summed E-state index contributed by atoms with van der Waals surface area (Å²) in [5.41, 5.74) is 8.15. The van der Waals surface area contributed by atoms with Crippen LogP contribution in [-0.2, 0) is 0 Å². The van der Waals surface area contributed by atoms with Crippen molar-refractivity contribution < 1.29 is 0 Å². The van der Waals surface area contributed by atoms with E-state index < -0.39 is 0 Å². The van der Waals surface area contributed by atoms with Crippen LogP contribution in [0, 0.1) is 0 Å². The zero-order valence-electron chi connectivity index (χ0n) is 10.4. The molecule has 1 unspecified atom stereocenters. The molecule has 0 radical (unpaired) electrons. The van der Waals surface area contributed by atoms with E-state index in [4.69, 9.17) is 5.73 Å². The van der Waals surface area contributed by atoms with Gasteiger partial charge in [0.25, 0.3) is 0 Å². The van der Waals surface area contributed by atoms with Crippen LogP contribution >= 0.6 is 31.9 Å². The Labute approximate surface area is 133 Å². The van der Waals surface area contributed by atoms with Crippen molar-refractivity contribution in [2.75, 3.05) is 0 Å². The van der Waals surface area contributed by atoms with E-state index in [1.807, 2.05) is 36.7 Å². The highest BCUT2D eigenvalue weighted by molar-refractivity contribution is 9.11. The molecule has 5 heteroatoms. The minimum absolute atomic E-state index is 0.323. The van der Waals surface area contributed by atoms with Crippen LogP contribution in [0.3, 0.4) is 0 Å². The first-order valence-corrected chi connectivity index (χ1v) is 7.64. The molecule has 0 amide bonds. The Morgan fingerprint density at radius 3 is 2.65 bits per heavy atom. The molecule has 20 heavy (non-hydrogen) atoms. The van der Waals surface area contributed by atoms with E-state index in [2.05, 4.69) is 47.9 Å². The molecule has 1 aromatic carbocycles. The SMILES string of the molecule is NC(c1ncc(Br)cc1Br)c1cncc2ccccc12. The molecule has 0 aliphatic rings. The molecule has 3 rings (SSSR count). The van der Waals surface area contributed by atoms with Gasteiger partial charge >= 0.3 is 0 Å². The molecule has 0 saturated carbocycles. The summed E-state index contributed by atoms with van der Waals surface area (Å²) in [6.45, 7) is 0. The molecular formula is C15H11Br2N3. The van der Waals surface area contributed by atoms with Gasteiger partial charge in [-0.3, -0.25) is 9.97 Å². The molecule has 0 saturated heterocycles. The van der Waals surface area contributed by atoms with Gasteiger partial charge in [0.2, 0.25) is 0 Å². The number of benzene rings is 1. The average molecular weight is 393 g/mol. The van der Waals surface area contributed by atoms with Crippen molar-refractivity contribution in [1.29, 1.82) is 0 Å². The van der Waals surface area contributed by atoms with E-state index in [1.165, 1.54) is 0 Å². The van der Waals surface area contributed by atoms with Crippen molar-refractivity contribution in [2.45, 2.75) is 6.04 Å². The first-order valence-electron chi connectivity index (χ1n) is 6.06. The fourth-order valence-corrected chi connectivity index (χ4v) is 3.42. The van der Waals surface area contributed by atoms with Gasteiger partial charge in [-0.05, 0) is 43.3 Å². The average Bonchev–Trinajstić information content (AvgIpc) is 2.46. The quantitative estimate of drug-likeness (QED) is 0.710. The second kappa shape index (κ2) is 5.60. The molecule has 0 fully saturated rings. The Morgan fingerprint density at radius 2 is 1.85 bits per heavy atom. The van der Waals surface area contributed by atoms with E-state index in [-0.39, 0.29) is 6.04 Å². The molecule has 100 valence electrons. The normalized spacial score (nSPS) is 12.6. The topological polar surface area (TPSA) is 51.8 Å². The summed E-state index contributed by atoms with van der Waals surface area (Å²) in [5, 5.41) is 2.18. The van der Waals surface area contributed by atoms with Crippen LogP contribution in [0.4, 0.5) is 0 Å². The number of pyridine rings is 2. The third kappa shape index (κ3) is 2.49. The van der Waals surface area contributed by atoms with Gasteiger partial charge in [-0.2, -0.15) is 0 Å². The third-order valence-electron chi connectivity index (χ3n) is 3.16. The summed E-state index contributed by atoms with van der Waals surface area (Å²) in [7, 11) is 0. The number of rotatable bonds is 2. The first-order chi connectivity index (χ1) is 9.66. The molecule has 0 bridgehead atoms. The lowest BCUT2D eigenvalue weighted by Crippen LogP contribution is -2.15. The van der Waals surface area contributed by atoms with Crippen molar-refractivity contribution in [3.63, 3.8) is 0 Å². The highest BCUT2D eigenvalue weighted by Crippen LogP contribution is 2.30. The molecule has 3 aromatic rings. The number of nitrogens with zero attached hydrogens (tertiary/aromatic N) is 2. The zero-order chi connectivity index (χ0) is 14.1. The van der Waals surface area contributed by atoms with Gasteiger partial charge in [-0.25, -0.2) is 0 Å². The predicted molar refractivity (Wildman–Crippen MR) is 87.4 cm³/mol. The lowest BCUT2D eigenvalue weighted by atomic mass is 10.00. The number of hydrogen-bond donors (Lipinski definition) is 1. The van der Waals surface area contributed by atoms with Crippen LogP contribution in [0.1, 0.15) is 17.3 Å². The second-order valence-corrected chi connectivity index (χ2v) is 6.22. The van der Waals surface area contributed by atoms with Gasteiger partial charge in [-0.1, -0.05) is 24.3 Å². The standard InChI is InChI=1S/C15H11Br2N3/c16-10-5-13(17)15(20-7-10)14(18)12-8-19-6-9-3-1-2-4-11(9)12/h1-8,14H,18H2. The maximum absolute atomic E-state index is 6.39. The van der Waals surface area contributed by atoms with Gasteiger partial charge in [0, 0.05) is 38.5 Å². The van der Waals surface area contributed by atoms with Gasteiger partial charge in [0.15, 0.2) is 0 Å². The largest absolute Gasteiger partial charge is 0.319 e. The van der Waals surface area contributed by atoms with Gasteiger partial charge in [0.05, 0.1) is 11.7 Å². The fraction of sp³-hybridized carbons (Fsp3) is 0.0667. The van der Waals surface area contributed by atoms with Crippen molar-refractivity contribution in [3.8, 4) is 0 Å². The van der Waals surface area contributed by atoms with Crippen molar-refractivity contribution >= 4 is 42.6 Å². The fourth-order valence-electron chi connectivity index (χ4n) is 2.19. The third-order valence-corrected chi connectivity index (χ3v) is 4.23. The molecule has 0 aliphatic heterocycles. The number of hydrogen-bond acceptors (Lipinski definition) is 3. The molecule has 0 aliphatic carbocycles. The monoisotopic (exact) mass is 391 g/mol. The van der Waals surface area contributed by atoms with E-state index in [9.17, 15) is 0 Å². The van der Waals surface area contributed by atoms with E-state index in [0.29, 0.717) is 0 Å². The van der Waals surface area contributed by atoms with Crippen molar-refractivity contribution in [2.24, 2.45) is 5.73 Å². The lowest BCUT2D eigenvalue weighted by molar-refractivity contribution is 0.823. The van der Waals surface area contributed by atoms with E-state index >= 15 is 0 Å². The number of aromatic nitrogens is 2. The minimum Gasteiger partial charge on any atom is -0.319 e. The van der Waals surface area contributed by atoms with Gasteiger partial charge < -0.3 is 5.73 Å². The lowest BCUT2D eigenvalue weighted by Gasteiger charge is -2.15. The first kappa shape index (κ1) is 13.7. The van der Waals surface area contributed by atoms with Crippen molar-refractivity contribution in [1.82, 2.24) is 9.97 Å². The Kier molecular flexibility index (Phi) is 3.83. The zero-order valence-corrected chi connectivity index (χ0v) is 13.6. The Balaban J connectivity index is 2.15. The number of nitrogens with two attached hydrogens (primary N) is 1. The summed E-state index contributed by atoms with van der Waals surface area (Å²) >= 11 is 6.91. The minimum atomic E-state index is -0.323. The summed E-state index contributed by atoms with van der Waals surface area (Å²) in [6, 6.07) is 9.70. The maximum atomic E-state index is 6.39. The maximum Gasteiger partial charge on any atom is 0.0759 e. The van der Waals surface area contributed by atoms with Crippen LogP contribution in [0.2, 0.25) is 0 Å². The van der Waals surface area contributed by atoms with Crippen LogP contribution < -0.4 is 5.73 Å². The summed E-state index contributed by atoms with van der Waals surface area (Å²) in [5.74, 6) is 0. The van der Waals surface area contributed by atoms with E-state index in [1.54, 1.807) is 6.20 Å². The molecule has 2 N–H and O–H groups in total. The summed E-state index contributed by atoms with van der Waals surface area (Å²) in [4.78, 5) is 8.69. The van der Waals surface area contributed by atoms with Gasteiger partial charge in [-0.15, -0.1) is 0 Å². The van der Waals surface area contributed by atoms with Crippen LogP contribution in [0.15, 0.2) is 57.9 Å². The summed E-state index contributed by atoms with van der Waals surface area (Å²) in [6.07, 6.45) is 5.40. The smallest absolute Gasteiger partial charge is 0.0759 e. The van der Waals surface area contributed by atoms with Crippen molar-refractivity contribution in [3.05, 3.63) is 69.1 Å². The van der Waals surface area contributed by atoms with Crippen LogP contribution in [-0.4, -0.2) is 9.97 Å².